The lowest BCUT2D eigenvalue weighted by Gasteiger charge is -2.32. The molecule has 3 heterocycles. The first-order valence-electron chi connectivity index (χ1n) is 9.45. The number of H-pyrrole nitrogens is 1. The van der Waals surface area contributed by atoms with Crippen molar-refractivity contribution in [3.05, 3.63) is 64.1 Å². The van der Waals surface area contributed by atoms with E-state index in [9.17, 15) is 9.59 Å². The Kier molecular flexibility index (Phi) is 3.77. The molecule has 1 saturated heterocycles. The summed E-state index contributed by atoms with van der Waals surface area (Å²) in [6, 6.07) is 13.6. The lowest BCUT2D eigenvalue weighted by Crippen LogP contribution is -2.40. The van der Waals surface area contributed by atoms with Crippen LogP contribution in [0.4, 0.5) is 0 Å². The Bertz CT molecular complexity index is 1070. The number of aromatic amines is 1. The molecule has 6 nitrogen and oxygen atoms in total. The van der Waals surface area contributed by atoms with E-state index in [0.29, 0.717) is 19.7 Å². The summed E-state index contributed by atoms with van der Waals surface area (Å²) in [7, 11) is 0. The molecule has 2 aliphatic heterocycles. The molecule has 0 spiro atoms. The van der Waals surface area contributed by atoms with Crippen LogP contribution in [0.1, 0.15) is 34.8 Å². The fourth-order valence-electron chi connectivity index (χ4n) is 4.27. The number of carbonyl (C=O) groups excluding carboxylic acids is 1. The van der Waals surface area contributed by atoms with Crippen molar-refractivity contribution in [2.24, 2.45) is 0 Å². The number of hydrogen-bond acceptors (Lipinski definition) is 3. The van der Waals surface area contributed by atoms with Gasteiger partial charge < -0.3 is 14.6 Å². The Balaban J connectivity index is 1.33. The SMILES string of the molecule is O=C(c1ccc2c(c1)CCO2)N1CCC(n2c(=O)[nH]c3ccccc32)CC1. The Morgan fingerprint density at radius 2 is 1.93 bits per heavy atom. The third kappa shape index (κ3) is 2.72. The molecule has 6 heteroatoms. The Hall–Kier alpha value is -3.02. The van der Waals surface area contributed by atoms with Gasteiger partial charge in [-0.25, -0.2) is 4.79 Å². The van der Waals surface area contributed by atoms with Crippen LogP contribution in [0.15, 0.2) is 47.3 Å². The zero-order valence-electron chi connectivity index (χ0n) is 15.0. The van der Waals surface area contributed by atoms with Crippen LogP contribution in [-0.4, -0.2) is 40.1 Å². The van der Waals surface area contributed by atoms with Gasteiger partial charge in [0.1, 0.15) is 5.75 Å². The number of carbonyl (C=O) groups is 1. The molecule has 27 heavy (non-hydrogen) atoms. The summed E-state index contributed by atoms with van der Waals surface area (Å²) in [6.45, 7) is 2.00. The van der Waals surface area contributed by atoms with Crippen molar-refractivity contribution in [3.63, 3.8) is 0 Å². The molecule has 3 aromatic rings. The summed E-state index contributed by atoms with van der Waals surface area (Å²) >= 11 is 0. The van der Waals surface area contributed by atoms with Crippen molar-refractivity contribution in [1.82, 2.24) is 14.5 Å². The predicted molar refractivity (Wildman–Crippen MR) is 102 cm³/mol. The van der Waals surface area contributed by atoms with E-state index in [1.165, 1.54) is 0 Å². The highest BCUT2D eigenvalue weighted by Gasteiger charge is 2.27. The van der Waals surface area contributed by atoms with Crippen LogP contribution in [0.2, 0.25) is 0 Å². The lowest BCUT2D eigenvalue weighted by atomic mass is 10.0. The maximum Gasteiger partial charge on any atom is 0.326 e. The lowest BCUT2D eigenvalue weighted by molar-refractivity contribution is 0.0695. The number of ether oxygens (including phenoxy) is 1. The van der Waals surface area contributed by atoms with Gasteiger partial charge in [0.15, 0.2) is 0 Å². The molecular formula is C21H21N3O3. The number of benzene rings is 2. The highest BCUT2D eigenvalue weighted by molar-refractivity contribution is 5.94. The van der Waals surface area contributed by atoms with E-state index in [4.69, 9.17) is 4.74 Å². The van der Waals surface area contributed by atoms with Crippen LogP contribution < -0.4 is 10.4 Å². The van der Waals surface area contributed by atoms with Gasteiger partial charge in [-0.1, -0.05) is 12.1 Å². The molecule has 2 aromatic carbocycles. The second kappa shape index (κ2) is 6.30. The van der Waals surface area contributed by atoms with Crippen LogP contribution in [0.25, 0.3) is 11.0 Å². The monoisotopic (exact) mass is 363 g/mol. The predicted octanol–water partition coefficient (Wildman–Crippen LogP) is 2.74. The number of piperidine rings is 1. The van der Waals surface area contributed by atoms with Crippen LogP contribution in [0.5, 0.6) is 5.75 Å². The van der Waals surface area contributed by atoms with Crippen LogP contribution in [0.3, 0.4) is 0 Å². The Morgan fingerprint density at radius 3 is 2.78 bits per heavy atom. The van der Waals surface area contributed by atoms with E-state index < -0.39 is 0 Å². The van der Waals surface area contributed by atoms with Gasteiger partial charge in [-0.05, 0) is 48.7 Å². The largest absolute Gasteiger partial charge is 0.493 e. The molecule has 0 unspecified atom stereocenters. The van der Waals surface area contributed by atoms with Gasteiger partial charge in [0.2, 0.25) is 0 Å². The molecule has 138 valence electrons. The molecule has 0 radical (unpaired) electrons. The fourth-order valence-corrected chi connectivity index (χ4v) is 4.27. The number of nitrogens with one attached hydrogen (secondary N) is 1. The normalized spacial score (nSPS) is 17.1. The summed E-state index contributed by atoms with van der Waals surface area (Å²) in [5.74, 6) is 0.957. The molecule has 1 amide bonds. The Morgan fingerprint density at radius 1 is 1.11 bits per heavy atom. The number of nitrogens with zero attached hydrogens (tertiary/aromatic N) is 2. The van der Waals surface area contributed by atoms with Crippen LogP contribution in [0, 0.1) is 0 Å². The Labute approximate surface area is 156 Å². The smallest absolute Gasteiger partial charge is 0.326 e. The number of para-hydroxylation sites is 2. The number of imidazole rings is 1. The zero-order valence-corrected chi connectivity index (χ0v) is 15.0. The average molecular weight is 363 g/mol. The van der Waals surface area contributed by atoms with Crippen molar-refractivity contribution >= 4 is 16.9 Å². The van der Waals surface area contributed by atoms with E-state index in [0.717, 1.165) is 47.2 Å². The molecule has 0 atom stereocenters. The highest BCUT2D eigenvalue weighted by atomic mass is 16.5. The third-order valence-electron chi connectivity index (χ3n) is 5.68. The first-order valence-corrected chi connectivity index (χ1v) is 9.45. The van der Waals surface area contributed by atoms with Gasteiger partial charge in [-0.3, -0.25) is 9.36 Å². The minimum Gasteiger partial charge on any atom is -0.493 e. The van der Waals surface area contributed by atoms with Crippen LogP contribution in [-0.2, 0) is 6.42 Å². The van der Waals surface area contributed by atoms with Gasteiger partial charge in [0.05, 0.1) is 17.6 Å². The first-order chi connectivity index (χ1) is 13.2. The summed E-state index contributed by atoms with van der Waals surface area (Å²) in [6.07, 6.45) is 2.42. The highest BCUT2D eigenvalue weighted by Crippen LogP contribution is 2.28. The van der Waals surface area contributed by atoms with E-state index in [-0.39, 0.29) is 17.6 Å². The topological polar surface area (TPSA) is 67.3 Å². The number of fused-ring (bicyclic) bond motifs is 2. The molecule has 0 aliphatic carbocycles. The molecule has 2 aliphatic rings. The van der Waals surface area contributed by atoms with Crippen molar-refractivity contribution < 1.29 is 9.53 Å². The standard InChI is InChI=1S/C21H21N3O3/c25-20(15-5-6-19-14(13-15)9-12-27-19)23-10-7-16(8-11-23)24-18-4-2-1-3-17(18)22-21(24)26/h1-6,13,16H,7-12H2,(H,22,26). The molecular weight excluding hydrogens is 342 g/mol. The maximum atomic E-state index is 12.9. The van der Waals surface area contributed by atoms with Crippen molar-refractivity contribution in [2.45, 2.75) is 25.3 Å². The van der Waals surface area contributed by atoms with E-state index in [1.54, 1.807) is 0 Å². The average Bonchev–Trinajstić information content (AvgIpc) is 3.30. The number of hydrogen-bond donors (Lipinski definition) is 1. The van der Waals surface area contributed by atoms with E-state index in [1.807, 2.05) is 51.9 Å². The third-order valence-corrected chi connectivity index (χ3v) is 5.68. The summed E-state index contributed by atoms with van der Waals surface area (Å²) in [4.78, 5) is 30.1. The van der Waals surface area contributed by atoms with Gasteiger partial charge in [0, 0.05) is 31.1 Å². The van der Waals surface area contributed by atoms with Gasteiger partial charge >= 0.3 is 5.69 Å². The van der Waals surface area contributed by atoms with Gasteiger partial charge in [-0.2, -0.15) is 0 Å². The number of aromatic nitrogens is 2. The second-order valence-electron chi connectivity index (χ2n) is 7.26. The van der Waals surface area contributed by atoms with Gasteiger partial charge in [0.25, 0.3) is 5.91 Å². The minimum atomic E-state index is -0.0698. The maximum absolute atomic E-state index is 12.9. The van der Waals surface area contributed by atoms with Crippen LogP contribution >= 0.6 is 0 Å². The van der Waals surface area contributed by atoms with Crippen molar-refractivity contribution in [2.75, 3.05) is 19.7 Å². The van der Waals surface area contributed by atoms with Crippen molar-refractivity contribution in [1.29, 1.82) is 0 Å². The first kappa shape index (κ1) is 16.2. The zero-order chi connectivity index (χ0) is 18.4. The van der Waals surface area contributed by atoms with Crippen molar-refractivity contribution in [3.8, 4) is 5.75 Å². The number of rotatable bonds is 2. The molecule has 0 bridgehead atoms. The minimum absolute atomic E-state index is 0.0643. The summed E-state index contributed by atoms with van der Waals surface area (Å²) in [5, 5.41) is 0. The number of likely N-dealkylation sites (tertiary alicyclic amines) is 1. The summed E-state index contributed by atoms with van der Waals surface area (Å²) < 4.78 is 7.37. The van der Waals surface area contributed by atoms with E-state index >= 15 is 0 Å². The fraction of sp³-hybridized carbons (Fsp3) is 0.333. The molecule has 5 rings (SSSR count). The quantitative estimate of drug-likeness (QED) is 0.761. The summed E-state index contributed by atoms with van der Waals surface area (Å²) in [5.41, 5.74) is 3.56. The molecule has 1 fully saturated rings. The van der Waals surface area contributed by atoms with Gasteiger partial charge in [-0.15, -0.1) is 0 Å². The van der Waals surface area contributed by atoms with E-state index in [2.05, 4.69) is 4.98 Å². The molecule has 0 saturated carbocycles. The second-order valence-corrected chi connectivity index (χ2v) is 7.26. The number of amides is 1. The molecule has 1 aromatic heterocycles. The molecule has 1 N–H and O–H groups in total.